The second-order valence-electron chi connectivity index (χ2n) is 8.35. The number of carboxylic acid groups (broad SMARTS) is 1. The third-order valence-electron chi connectivity index (χ3n) is 4.24. The molecule has 0 aliphatic carbocycles. The number of unbranched alkanes of at least 4 members (excludes halogenated alkanes) is 2. The van der Waals surface area contributed by atoms with E-state index in [1.54, 1.807) is 26.8 Å². The zero-order chi connectivity index (χ0) is 23.4. The van der Waals surface area contributed by atoms with Crippen LogP contribution >= 0.6 is 0 Å². The predicted molar refractivity (Wildman–Crippen MR) is 116 cm³/mol. The Balaban J connectivity index is 2.70. The number of alkyl carbamates (subject to hydrolysis) is 1. The summed E-state index contributed by atoms with van der Waals surface area (Å²) in [5.41, 5.74) is 6.01. The van der Waals surface area contributed by atoms with Gasteiger partial charge in [0, 0.05) is 18.5 Å². The van der Waals surface area contributed by atoms with E-state index in [-0.39, 0.29) is 19.3 Å². The quantitative estimate of drug-likeness (QED) is 0.371. The van der Waals surface area contributed by atoms with Crippen molar-refractivity contribution >= 4 is 29.6 Å². The van der Waals surface area contributed by atoms with Crippen molar-refractivity contribution in [1.29, 1.82) is 0 Å². The molecule has 1 rings (SSSR count). The summed E-state index contributed by atoms with van der Waals surface area (Å²) in [6.45, 7) is 5.12. The maximum absolute atomic E-state index is 12.7. The van der Waals surface area contributed by atoms with Crippen molar-refractivity contribution in [2.24, 2.45) is 5.73 Å². The summed E-state index contributed by atoms with van der Waals surface area (Å²) in [6.07, 6.45) is 2.41. The van der Waals surface area contributed by atoms with Crippen LogP contribution < -0.4 is 16.4 Å². The van der Waals surface area contributed by atoms with Crippen LogP contribution in [0.15, 0.2) is 24.3 Å². The molecule has 0 heterocycles. The predicted octanol–water partition coefficient (Wildman–Crippen LogP) is 2.97. The fraction of sp³-hybridized carbons (Fsp3) is 0.545. The lowest BCUT2D eigenvalue weighted by Gasteiger charge is -2.23. The minimum atomic E-state index is -0.984. The maximum Gasteiger partial charge on any atom is 0.408 e. The summed E-state index contributed by atoms with van der Waals surface area (Å²) >= 11 is 0. The van der Waals surface area contributed by atoms with E-state index in [1.165, 1.54) is 0 Å². The molecule has 1 aromatic rings. The first-order valence-electron chi connectivity index (χ1n) is 10.4. The highest BCUT2D eigenvalue weighted by molar-refractivity contribution is 5.96. The van der Waals surface area contributed by atoms with E-state index >= 15 is 0 Å². The third-order valence-corrected chi connectivity index (χ3v) is 4.24. The number of rotatable bonds is 12. The van der Waals surface area contributed by atoms with Crippen LogP contribution in [0.3, 0.4) is 0 Å². The molecule has 1 aromatic carbocycles. The SMILES string of the molecule is CC(C)(C)OC(=O)NC(CCC(N)=O)C(=O)Nc1cccc(CCCCCC(=O)O)c1. The first-order valence-corrected chi connectivity index (χ1v) is 10.4. The topological polar surface area (TPSA) is 148 Å². The lowest BCUT2D eigenvalue weighted by molar-refractivity contribution is -0.137. The van der Waals surface area contributed by atoms with Gasteiger partial charge in [-0.3, -0.25) is 14.4 Å². The fourth-order valence-corrected chi connectivity index (χ4v) is 2.82. The smallest absolute Gasteiger partial charge is 0.408 e. The number of ether oxygens (including phenoxy) is 1. The zero-order valence-electron chi connectivity index (χ0n) is 18.4. The number of amides is 3. The van der Waals surface area contributed by atoms with Crippen molar-refractivity contribution in [1.82, 2.24) is 5.32 Å². The van der Waals surface area contributed by atoms with Gasteiger partial charge in [-0.25, -0.2) is 4.79 Å². The van der Waals surface area contributed by atoms with Gasteiger partial charge in [0.15, 0.2) is 0 Å². The fourth-order valence-electron chi connectivity index (χ4n) is 2.82. The molecule has 0 saturated heterocycles. The van der Waals surface area contributed by atoms with Gasteiger partial charge in [-0.15, -0.1) is 0 Å². The lowest BCUT2D eigenvalue weighted by Crippen LogP contribution is -2.46. The van der Waals surface area contributed by atoms with Gasteiger partial charge in [0.05, 0.1) is 0 Å². The second kappa shape index (κ2) is 12.6. The van der Waals surface area contributed by atoms with E-state index in [2.05, 4.69) is 10.6 Å². The number of carboxylic acids is 1. The first-order chi connectivity index (χ1) is 14.5. The van der Waals surface area contributed by atoms with E-state index < -0.39 is 35.5 Å². The van der Waals surface area contributed by atoms with Gasteiger partial charge in [0.25, 0.3) is 0 Å². The van der Waals surface area contributed by atoms with Crippen LogP contribution in [-0.2, 0) is 25.5 Å². The maximum atomic E-state index is 12.7. The molecule has 0 aliphatic heterocycles. The molecule has 9 heteroatoms. The van der Waals surface area contributed by atoms with Gasteiger partial charge < -0.3 is 26.2 Å². The van der Waals surface area contributed by atoms with Crippen molar-refractivity contribution in [3.8, 4) is 0 Å². The number of nitrogens with two attached hydrogens (primary N) is 1. The summed E-state index contributed by atoms with van der Waals surface area (Å²) in [6, 6.07) is 6.30. The van der Waals surface area contributed by atoms with E-state index in [0.717, 1.165) is 24.8 Å². The number of aryl methyl sites for hydroxylation is 1. The number of hydrogen-bond donors (Lipinski definition) is 4. The normalized spacial score (nSPS) is 12.0. The average molecular weight is 436 g/mol. The van der Waals surface area contributed by atoms with Gasteiger partial charge in [0.2, 0.25) is 11.8 Å². The standard InChI is InChI=1S/C22H33N3O6/c1-22(2,3)31-21(30)25-17(12-13-18(23)26)20(29)24-16-10-7-9-15(14-16)8-5-4-6-11-19(27)28/h7,9-10,14,17H,4-6,8,11-13H2,1-3H3,(H2,23,26)(H,24,29)(H,25,30)(H,27,28). The number of aliphatic carboxylic acids is 1. The number of carbonyl (C=O) groups is 4. The number of nitrogens with one attached hydrogen (secondary N) is 2. The Kier molecular flexibility index (Phi) is 10.5. The van der Waals surface area contributed by atoms with E-state index in [9.17, 15) is 19.2 Å². The van der Waals surface area contributed by atoms with Crippen molar-refractivity contribution < 1.29 is 29.0 Å². The van der Waals surface area contributed by atoms with Crippen molar-refractivity contribution in [3.63, 3.8) is 0 Å². The van der Waals surface area contributed by atoms with E-state index in [1.807, 2.05) is 18.2 Å². The molecule has 172 valence electrons. The Labute approximate surface area is 182 Å². The molecule has 0 radical (unpaired) electrons. The molecular weight excluding hydrogens is 402 g/mol. The summed E-state index contributed by atoms with van der Waals surface area (Å²) in [4.78, 5) is 46.5. The van der Waals surface area contributed by atoms with Gasteiger partial charge in [-0.1, -0.05) is 18.6 Å². The van der Waals surface area contributed by atoms with Crippen molar-refractivity contribution in [2.45, 2.75) is 77.4 Å². The monoisotopic (exact) mass is 435 g/mol. The van der Waals surface area contributed by atoms with Crippen LogP contribution in [0.25, 0.3) is 0 Å². The minimum absolute atomic E-state index is 0.0453. The molecule has 0 aliphatic rings. The summed E-state index contributed by atoms with van der Waals surface area (Å²) in [7, 11) is 0. The molecule has 0 bridgehead atoms. The van der Waals surface area contributed by atoms with Crippen molar-refractivity contribution in [2.75, 3.05) is 5.32 Å². The molecule has 0 spiro atoms. The summed E-state index contributed by atoms with van der Waals surface area (Å²) in [5.74, 6) is -1.85. The molecule has 0 fully saturated rings. The lowest BCUT2D eigenvalue weighted by atomic mass is 10.1. The molecule has 1 atom stereocenters. The first kappa shape index (κ1) is 25.9. The minimum Gasteiger partial charge on any atom is -0.481 e. The van der Waals surface area contributed by atoms with Gasteiger partial charge >= 0.3 is 12.1 Å². The van der Waals surface area contributed by atoms with Crippen LogP contribution in [0.4, 0.5) is 10.5 Å². The van der Waals surface area contributed by atoms with Crippen LogP contribution in [0.5, 0.6) is 0 Å². The molecule has 9 nitrogen and oxygen atoms in total. The second-order valence-corrected chi connectivity index (χ2v) is 8.35. The van der Waals surface area contributed by atoms with Crippen molar-refractivity contribution in [3.05, 3.63) is 29.8 Å². The van der Waals surface area contributed by atoms with Gasteiger partial charge in [-0.05, 0) is 64.2 Å². The Morgan fingerprint density at radius 2 is 1.81 bits per heavy atom. The van der Waals surface area contributed by atoms with Gasteiger partial charge in [-0.2, -0.15) is 0 Å². The average Bonchev–Trinajstić information content (AvgIpc) is 2.63. The highest BCUT2D eigenvalue weighted by atomic mass is 16.6. The molecule has 0 aromatic heterocycles. The molecule has 31 heavy (non-hydrogen) atoms. The number of primary amides is 1. The Bertz CT molecular complexity index is 773. The number of hydrogen-bond acceptors (Lipinski definition) is 5. The third kappa shape index (κ3) is 12.2. The van der Waals surface area contributed by atoms with Crippen LogP contribution in [0.2, 0.25) is 0 Å². The molecule has 3 amide bonds. The van der Waals surface area contributed by atoms with Crippen LogP contribution in [0.1, 0.15) is 64.9 Å². The molecule has 1 unspecified atom stereocenters. The van der Waals surface area contributed by atoms with Crippen LogP contribution in [0, 0.1) is 0 Å². The largest absolute Gasteiger partial charge is 0.481 e. The highest BCUT2D eigenvalue weighted by Crippen LogP contribution is 2.15. The summed E-state index contributed by atoms with van der Waals surface area (Å²) < 4.78 is 5.19. The zero-order valence-corrected chi connectivity index (χ0v) is 18.4. The number of carbonyl (C=O) groups excluding carboxylic acids is 3. The summed E-state index contributed by atoms with van der Waals surface area (Å²) in [5, 5.41) is 13.9. The molecule has 5 N–H and O–H groups in total. The van der Waals surface area contributed by atoms with Gasteiger partial charge in [0.1, 0.15) is 11.6 Å². The Morgan fingerprint density at radius 1 is 1.10 bits per heavy atom. The van der Waals surface area contributed by atoms with Crippen LogP contribution in [-0.4, -0.2) is 40.6 Å². The number of anilines is 1. The Morgan fingerprint density at radius 3 is 2.42 bits per heavy atom. The molecule has 0 saturated carbocycles. The number of benzene rings is 1. The van der Waals surface area contributed by atoms with E-state index in [0.29, 0.717) is 12.1 Å². The highest BCUT2D eigenvalue weighted by Gasteiger charge is 2.25. The Hall–Kier alpha value is -3.10. The molecular formula is C22H33N3O6. The van der Waals surface area contributed by atoms with E-state index in [4.69, 9.17) is 15.6 Å².